The Morgan fingerprint density at radius 1 is 1.13 bits per heavy atom. The van der Waals surface area contributed by atoms with E-state index in [2.05, 4.69) is 16.8 Å². The zero-order valence-electron chi connectivity index (χ0n) is 18.5. The summed E-state index contributed by atoms with van der Waals surface area (Å²) in [5.74, 6) is -0.260. The number of fused-ring (bicyclic) bond motifs is 1. The van der Waals surface area contributed by atoms with Gasteiger partial charge in [0.25, 0.3) is 0 Å². The van der Waals surface area contributed by atoms with E-state index in [-0.39, 0.29) is 17.8 Å². The van der Waals surface area contributed by atoms with Crippen LogP contribution in [0.15, 0.2) is 42.5 Å². The highest BCUT2D eigenvalue weighted by molar-refractivity contribution is 5.86. The summed E-state index contributed by atoms with van der Waals surface area (Å²) in [6, 6.07) is 9.21. The fraction of sp³-hybridized carbons (Fsp3) is 0.375. The molecule has 31 heavy (non-hydrogen) atoms. The van der Waals surface area contributed by atoms with Crippen LogP contribution in [0.5, 0.6) is 5.75 Å². The van der Waals surface area contributed by atoms with Gasteiger partial charge in [-0.2, -0.15) is 0 Å². The molecule has 0 fully saturated rings. The van der Waals surface area contributed by atoms with Crippen molar-refractivity contribution < 1.29 is 19.7 Å². The van der Waals surface area contributed by atoms with Crippen LogP contribution in [0.4, 0.5) is 0 Å². The van der Waals surface area contributed by atoms with E-state index >= 15 is 0 Å². The molecule has 3 aromatic rings. The number of aromatic nitrogens is 3. The third-order valence-electron chi connectivity index (χ3n) is 4.99. The number of nitrogens with zero attached hydrogens (tertiary/aromatic N) is 3. The van der Waals surface area contributed by atoms with Gasteiger partial charge in [-0.15, -0.1) is 15.0 Å². The summed E-state index contributed by atoms with van der Waals surface area (Å²) in [5, 5.41) is 29.4. The minimum atomic E-state index is -0.392. The van der Waals surface area contributed by atoms with Gasteiger partial charge in [0, 0.05) is 11.1 Å². The molecule has 2 aromatic carbocycles. The lowest BCUT2D eigenvalue weighted by Gasteiger charge is -2.23. The predicted octanol–water partition coefficient (Wildman–Crippen LogP) is 3.97. The average molecular weight is 424 g/mol. The average Bonchev–Trinajstić information content (AvgIpc) is 3.13. The van der Waals surface area contributed by atoms with Crippen molar-refractivity contribution in [2.75, 3.05) is 6.61 Å². The number of hydrogen-bond donors (Lipinski definition) is 2. The van der Waals surface area contributed by atoms with Crippen molar-refractivity contribution in [1.29, 1.82) is 0 Å². The van der Waals surface area contributed by atoms with E-state index in [1.807, 2.05) is 32.9 Å². The first kappa shape index (κ1) is 22.5. The second-order valence-corrected chi connectivity index (χ2v) is 8.75. The molecule has 0 aliphatic rings. The molecule has 0 aliphatic carbocycles. The monoisotopic (exact) mass is 423 g/mol. The van der Waals surface area contributed by atoms with Crippen molar-refractivity contribution in [2.24, 2.45) is 0 Å². The van der Waals surface area contributed by atoms with Crippen molar-refractivity contribution >= 4 is 17.0 Å². The molecule has 0 bridgehead atoms. The van der Waals surface area contributed by atoms with Crippen molar-refractivity contribution in [3.8, 4) is 11.4 Å². The van der Waals surface area contributed by atoms with Gasteiger partial charge < -0.3 is 14.9 Å². The number of phenolic OH excluding ortho intramolecular Hbond substituents is 1. The van der Waals surface area contributed by atoms with Crippen LogP contribution in [0.25, 0.3) is 16.7 Å². The molecular formula is C24H29N3O4. The number of carbonyl (C=O) groups is 1. The van der Waals surface area contributed by atoms with Crippen LogP contribution in [-0.4, -0.2) is 37.8 Å². The largest absolute Gasteiger partial charge is 0.505 e. The fourth-order valence-corrected chi connectivity index (χ4v) is 3.28. The number of phenols is 1. The summed E-state index contributed by atoms with van der Waals surface area (Å²) in [7, 11) is 0. The number of esters is 1. The Labute approximate surface area is 182 Å². The Balaban J connectivity index is 1.94. The molecule has 0 saturated carbocycles. The van der Waals surface area contributed by atoms with Gasteiger partial charge in [-0.1, -0.05) is 39.5 Å². The van der Waals surface area contributed by atoms with Gasteiger partial charge in [0.1, 0.15) is 22.5 Å². The van der Waals surface area contributed by atoms with Crippen LogP contribution in [0, 0.1) is 0 Å². The van der Waals surface area contributed by atoms with E-state index in [1.54, 1.807) is 25.1 Å². The molecule has 0 unspecified atom stereocenters. The maximum absolute atomic E-state index is 11.6. The molecule has 2 N–H and O–H groups in total. The van der Waals surface area contributed by atoms with Crippen molar-refractivity contribution in [3.05, 3.63) is 59.2 Å². The highest BCUT2D eigenvalue weighted by Gasteiger charge is 2.23. The van der Waals surface area contributed by atoms with Gasteiger partial charge in [0.2, 0.25) is 0 Å². The molecule has 1 heterocycles. The van der Waals surface area contributed by atoms with Crippen LogP contribution in [0.1, 0.15) is 50.8 Å². The van der Waals surface area contributed by atoms with Crippen LogP contribution < -0.4 is 0 Å². The number of rotatable bonds is 7. The standard InChI is InChI=1S/C24H29N3O4/c1-15(2)23(30)31-10-6-7-16-11-18(24(3,4)5)22(29)21(13-16)27-25-19-9-8-17(14-28)12-20(19)26-27/h8-9,11-13,28-29H,1,6-7,10,14H2,2-5H3. The lowest BCUT2D eigenvalue weighted by atomic mass is 9.84. The highest BCUT2D eigenvalue weighted by atomic mass is 16.5. The van der Waals surface area contributed by atoms with E-state index in [9.17, 15) is 15.0 Å². The number of carbonyl (C=O) groups excluding carboxylic acids is 1. The van der Waals surface area contributed by atoms with E-state index in [0.29, 0.717) is 41.7 Å². The summed E-state index contributed by atoms with van der Waals surface area (Å²) in [6.45, 7) is 11.5. The fourth-order valence-electron chi connectivity index (χ4n) is 3.28. The third kappa shape index (κ3) is 5.11. The Morgan fingerprint density at radius 3 is 2.48 bits per heavy atom. The molecule has 0 radical (unpaired) electrons. The minimum Gasteiger partial charge on any atom is -0.505 e. The first-order valence-electron chi connectivity index (χ1n) is 10.3. The van der Waals surface area contributed by atoms with Crippen LogP contribution >= 0.6 is 0 Å². The van der Waals surface area contributed by atoms with E-state index in [0.717, 1.165) is 16.7 Å². The Bertz CT molecular complexity index is 1130. The smallest absolute Gasteiger partial charge is 0.333 e. The Kier molecular flexibility index (Phi) is 6.45. The minimum absolute atomic E-state index is 0.0757. The van der Waals surface area contributed by atoms with Crippen molar-refractivity contribution in [1.82, 2.24) is 15.0 Å². The maximum atomic E-state index is 11.6. The maximum Gasteiger partial charge on any atom is 0.333 e. The summed E-state index contributed by atoms with van der Waals surface area (Å²) >= 11 is 0. The SMILES string of the molecule is C=C(C)C(=O)OCCCc1cc(-n2nc3ccc(CO)cc3n2)c(O)c(C(C)(C)C)c1. The van der Waals surface area contributed by atoms with Crippen molar-refractivity contribution in [3.63, 3.8) is 0 Å². The zero-order chi connectivity index (χ0) is 22.8. The van der Waals surface area contributed by atoms with Crippen LogP contribution in [-0.2, 0) is 28.0 Å². The number of ether oxygens (including phenoxy) is 1. The molecule has 164 valence electrons. The molecule has 0 spiro atoms. The number of aryl methyl sites for hydroxylation is 1. The van der Waals surface area contributed by atoms with E-state index < -0.39 is 5.97 Å². The zero-order valence-corrected chi connectivity index (χ0v) is 18.5. The van der Waals surface area contributed by atoms with Gasteiger partial charge in [-0.05, 0) is 54.5 Å². The summed E-state index contributed by atoms with van der Waals surface area (Å²) in [6.07, 6.45) is 1.30. The summed E-state index contributed by atoms with van der Waals surface area (Å²) in [5.41, 5.74) is 4.41. The van der Waals surface area contributed by atoms with Crippen LogP contribution in [0.3, 0.4) is 0 Å². The molecule has 0 amide bonds. The first-order chi connectivity index (χ1) is 14.6. The number of aliphatic hydroxyl groups excluding tert-OH is 1. The van der Waals surface area contributed by atoms with Crippen molar-refractivity contribution in [2.45, 2.75) is 52.6 Å². The van der Waals surface area contributed by atoms with Gasteiger partial charge in [-0.25, -0.2) is 4.79 Å². The first-order valence-corrected chi connectivity index (χ1v) is 10.3. The molecular weight excluding hydrogens is 394 g/mol. The summed E-state index contributed by atoms with van der Waals surface area (Å²) < 4.78 is 5.18. The van der Waals surface area contributed by atoms with Crippen LogP contribution in [0.2, 0.25) is 0 Å². The second-order valence-electron chi connectivity index (χ2n) is 8.75. The van der Waals surface area contributed by atoms with E-state index in [4.69, 9.17) is 4.74 Å². The number of hydrogen-bond acceptors (Lipinski definition) is 6. The topological polar surface area (TPSA) is 97.5 Å². The molecule has 0 atom stereocenters. The molecule has 3 rings (SSSR count). The van der Waals surface area contributed by atoms with Gasteiger partial charge in [-0.3, -0.25) is 0 Å². The Morgan fingerprint density at radius 2 is 1.84 bits per heavy atom. The summed E-state index contributed by atoms with van der Waals surface area (Å²) in [4.78, 5) is 13.0. The number of benzene rings is 2. The van der Waals surface area contributed by atoms with E-state index in [1.165, 1.54) is 4.80 Å². The van der Waals surface area contributed by atoms with Gasteiger partial charge in [0.15, 0.2) is 0 Å². The van der Waals surface area contributed by atoms with Gasteiger partial charge in [0.05, 0.1) is 13.2 Å². The lowest BCUT2D eigenvalue weighted by molar-refractivity contribution is -0.139. The van der Waals surface area contributed by atoms with Gasteiger partial charge >= 0.3 is 5.97 Å². The third-order valence-corrected chi connectivity index (χ3v) is 4.99. The normalized spacial score (nSPS) is 11.6. The number of aromatic hydroxyl groups is 1. The molecule has 1 aromatic heterocycles. The molecule has 0 aliphatic heterocycles. The predicted molar refractivity (Wildman–Crippen MR) is 119 cm³/mol. The number of aliphatic hydroxyl groups is 1. The molecule has 0 saturated heterocycles. The lowest BCUT2D eigenvalue weighted by Crippen LogP contribution is -2.14. The second kappa shape index (κ2) is 8.89. The quantitative estimate of drug-likeness (QED) is 0.339. The highest BCUT2D eigenvalue weighted by Crippen LogP contribution is 2.36. The Hall–Kier alpha value is -3.19. The molecule has 7 nitrogen and oxygen atoms in total. The molecule has 7 heteroatoms.